The van der Waals surface area contributed by atoms with Crippen LogP contribution in [0.3, 0.4) is 0 Å². The Hall–Kier alpha value is -2.66. The quantitative estimate of drug-likeness (QED) is 0.499. The Balaban J connectivity index is 1.55. The predicted octanol–water partition coefficient (Wildman–Crippen LogP) is 4.50. The summed E-state index contributed by atoms with van der Waals surface area (Å²) in [5.41, 5.74) is 4.69. The molecule has 0 aliphatic heterocycles. The van der Waals surface area contributed by atoms with Crippen molar-refractivity contribution in [2.24, 2.45) is 11.0 Å². The second-order valence-corrected chi connectivity index (χ2v) is 7.12. The van der Waals surface area contributed by atoms with Crippen molar-refractivity contribution >= 4 is 28.1 Å². The van der Waals surface area contributed by atoms with Gasteiger partial charge in [0.15, 0.2) is 4.67 Å². The van der Waals surface area contributed by atoms with Gasteiger partial charge in [-0.2, -0.15) is 5.10 Å². The fraction of sp³-hybridized carbons (Fsp3) is 0.143. The van der Waals surface area contributed by atoms with Gasteiger partial charge in [0.1, 0.15) is 5.76 Å². The molecular formula is C21H17BrN2O2. The SMILES string of the molecule is O=C(N/N=C\c1ccc(Br)o1)[C@@H]1CC1(c1ccccc1)c1ccccc1. The molecule has 1 amide bonds. The average Bonchev–Trinajstić information content (AvgIpc) is 3.32. The Morgan fingerprint density at radius 3 is 2.19 bits per heavy atom. The predicted molar refractivity (Wildman–Crippen MR) is 104 cm³/mol. The minimum absolute atomic E-state index is 0.0837. The van der Waals surface area contributed by atoms with Crippen molar-refractivity contribution in [2.75, 3.05) is 0 Å². The number of halogens is 1. The number of rotatable bonds is 5. The molecule has 1 aromatic heterocycles. The standard InChI is InChI=1S/C21H17BrN2O2/c22-19-12-11-17(26-19)14-23-24-20(25)18-13-21(18,15-7-3-1-4-8-15)16-9-5-2-6-10-16/h1-12,14,18H,13H2,(H,24,25)/b23-14-/t18-/m0/s1. The van der Waals surface area contributed by atoms with Gasteiger partial charge in [-0.15, -0.1) is 0 Å². The third kappa shape index (κ3) is 3.10. The largest absolute Gasteiger partial charge is 0.448 e. The Labute approximate surface area is 160 Å². The number of amides is 1. The summed E-state index contributed by atoms with van der Waals surface area (Å²) in [6, 6.07) is 23.9. The number of hydrazone groups is 1. The van der Waals surface area contributed by atoms with E-state index in [1.165, 1.54) is 6.21 Å². The van der Waals surface area contributed by atoms with Crippen molar-refractivity contribution in [1.82, 2.24) is 5.43 Å². The van der Waals surface area contributed by atoms with Gasteiger partial charge >= 0.3 is 0 Å². The van der Waals surface area contributed by atoms with Crippen LogP contribution in [0.2, 0.25) is 0 Å². The topological polar surface area (TPSA) is 54.6 Å². The first kappa shape index (κ1) is 16.8. The second-order valence-electron chi connectivity index (χ2n) is 6.34. The zero-order valence-corrected chi connectivity index (χ0v) is 15.5. The van der Waals surface area contributed by atoms with Gasteiger partial charge in [-0.05, 0) is 45.6 Å². The van der Waals surface area contributed by atoms with E-state index in [0.29, 0.717) is 10.4 Å². The van der Waals surface area contributed by atoms with Gasteiger partial charge in [0.2, 0.25) is 5.91 Å². The van der Waals surface area contributed by atoms with Crippen LogP contribution in [-0.4, -0.2) is 12.1 Å². The highest BCUT2D eigenvalue weighted by atomic mass is 79.9. The molecule has 0 bridgehead atoms. The van der Waals surface area contributed by atoms with E-state index in [1.54, 1.807) is 12.1 Å². The van der Waals surface area contributed by atoms with E-state index in [1.807, 2.05) is 36.4 Å². The number of nitrogens with zero attached hydrogens (tertiary/aromatic N) is 1. The number of carbonyl (C=O) groups excluding carboxylic acids is 1. The zero-order valence-electron chi connectivity index (χ0n) is 13.9. The van der Waals surface area contributed by atoms with Crippen molar-refractivity contribution in [1.29, 1.82) is 0 Å². The van der Waals surface area contributed by atoms with Crippen molar-refractivity contribution in [2.45, 2.75) is 11.8 Å². The molecule has 3 aromatic rings. The summed E-state index contributed by atoms with van der Waals surface area (Å²) >= 11 is 3.24. The number of benzene rings is 2. The maximum atomic E-state index is 12.7. The minimum atomic E-state index is -0.282. The molecule has 0 radical (unpaired) electrons. The van der Waals surface area contributed by atoms with E-state index in [4.69, 9.17) is 4.42 Å². The smallest absolute Gasteiger partial charge is 0.244 e. The van der Waals surface area contributed by atoms with Crippen LogP contribution in [0, 0.1) is 5.92 Å². The molecule has 130 valence electrons. The van der Waals surface area contributed by atoms with Gasteiger partial charge in [-0.3, -0.25) is 4.79 Å². The maximum absolute atomic E-state index is 12.7. The van der Waals surface area contributed by atoms with Crippen LogP contribution >= 0.6 is 15.9 Å². The van der Waals surface area contributed by atoms with Crippen molar-refractivity contribution in [3.05, 3.63) is 94.4 Å². The fourth-order valence-corrected chi connectivity index (χ4v) is 3.81. The lowest BCUT2D eigenvalue weighted by atomic mass is 9.85. The van der Waals surface area contributed by atoms with E-state index in [0.717, 1.165) is 17.5 Å². The molecule has 4 rings (SSSR count). The van der Waals surface area contributed by atoms with Gasteiger partial charge in [-0.1, -0.05) is 60.7 Å². The third-order valence-electron chi connectivity index (χ3n) is 4.82. The Kier molecular flexibility index (Phi) is 4.47. The van der Waals surface area contributed by atoms with Gasteiger partial charge in [0, 0.05) is 5.41 Å². The van der Waals surface area contributed by atoms with Gasteiger partial charge in [0.25, 0.3) is 0 Å². The highest BCUT2D eigenvalue weighted by molar-refractivity contribution is 9.10. The van der Waals surface area contributed by atoms with Crippen molar-refractivity contribution in [3.63, 3.8) is 0 Å². The van der Waals surface area contributed by atoms with Gasteiger partial charge in [-0.25, -0.2) is 5.43 Å². The molecule has 4 nitrogen and oxygen atoms in total. The summed E-state index contributed by atoms with van der Waals surface area (Å²) in [6.07, 6.45) is 2.27. The van der Waals surface area contributed by atoms with Crippen LogP contribution in [0.15, 0.2) is 87.0 Å². The molecule has 5 heteroatoms. The van der Waals surface area contributed by atoms with E-state index < -0.39 is 0 Å². The summed E-state index contributed by atoms with van der Waals surface area (Å²) in [5, 5.41) is 4.03. The van der Waals surface area contributed by atoms with E-state index >= 15 is 0 Å². The van der Waals surface area contributed by atoms with Crippen LogP contribution in [0.4, 0.5) is 0 Å². The first-order valence-corrected chi connectivity index (χ1v) is 9.19. The van der Waals surface area contributed by atoms with Crippen LogP contribution in [-0.2, 0) is 10.2 Å². The van der Waals surface area contributed by atoms with Gasteiger partial charge < -0.3 is 4.42 Å². The lowest BCUT2D eigenvalue weighted by Crippen LogP contribution is -2.25. The monoisotopic (exact) mass is 408 g/mol. The molecule has 1 aliphatic rings. The summed E-state index contributed by atoms with van der Waals surface area (Å²) in [7, 11) is 0. The highest BCUT2D eigenvalue weighted by Crippen LogP contribution is 2.58. The summed E-state index contributed by atoms with van der Waals surface area (Å²) in [5.74, 6) is 0.345. The maximum Gasteiger partial charge on any atom is 0.244 e. The molecule has 1 N–H and O–H groups in total. The highest BCUT2D eigenvalue weighted by Gasteiger charge is 2.60. The zero-order chi connectivity index (χ0) is 18.0. The second kappa shape index (κ2) is 6.92. The number of hydrogen-bond acceptors (Lipinski definition) is 3. The van der Waals surface area contributed by atoms with Crippen LogP contribution < -0.4 is 5.43 Å². The normalized spacial score (nSPS) is 18.0. The van der Waals surface area contributed by atoms with Crippen LogP contribution in [0.1, 0.15) is 23.3 Å². The number of hydrogen-bond donors (Lipinski definition) is 1. The summed E-state index contributed by atoms with van der Waals surface area (Å²) < 4.78 is 5.96. The number of furan rings is 1. The molecule has 0 spiro atoms. The molecule has 1 fully saturated rings. The molecule has 1 atom stereocenters. The summed E-state index contributed by atoms with van der Waals surface area (Å²) in [4.78, 5) is 12.7. The Bertz CT molecular complexity index is 895. The fourth-order valence-electron chi connectivity index (χ4n) is 3.49. The molecule has 0 unspecified atom stereocenters. The number of carbonyl (C=O) groups is 1. The third-order valence-corrected chi connectivity index (χ3v) is 5.24. The lowest BCUT2D eigenvalue weighted by Gasteiger charge is -2.18. The molecule has 1 aliphatic carbocycles. The first-order valence-electron chi connectivity index (χ1n) is 8.39. The number of nitrogens with one attached hydrogen (secondary N) is 1. The van der Waals surface area contributed by atoms with Crippen molar-refractivity contribution in [3.8, 4) is 0 Å². The first-order chi connectivity index (χ1) is 12.7. The molecular weight excluding hydrogens is 392 g/mol. The minimum Gasteiger partial charge on any atom is -0.448 e. The van der Waals surface area contributed by atoms with Crippen LogP contribution in [0.25, 0.3) is 0 Å². The molecule has 0 saturated heterocycles. The molecule has 2 aromatic carbocycles. The van der Waals surface area contributed by atoms with Crippen LogP contribution in [0.5, 0.6) is 0 Å². The Morgan fingerprint density at radius 2 is 1.65 bits per heavy atom. The van der Waals surface area contributed by atoms with Crippen molar-refractivity contribution < 1.29 is 9.21 Å². The average molecular weight is 409 g/mol. The Morgan fingerprint density at radius 1 is 1.04 bits per heavy atom. The molecule has 1 heterocycles. The summed E-state index contributed by atoms with van der Waals surface area (Å²) in [6.45, 7) is 0. The molecule has 26 heavy (non-hydrogen) atoms. The van der Waals surface area contributed by atoms with E-state index in [-0.39, 0.29) is 17.2 Å². The molecule has 1 saturated carbocycles. The van der Waals surface area contributed by atoms with E-state index in [2.05, 4.69) is 50.7 Å². The van der Waals surface area contributed by atoms with Gasteiger partial charge in [0.05, 0.1) is 12.1 Å². The lowest BCUT2D eigenvalue weighted by molar-refractivity contribution is -0.122. The van der Waals surface area contributed by atoms with E-state index in [9.17, 15) is 4.79 Å².